The van der Waals surface area contributed by atoms with E-state index >= 15 is 0 Å². The molecule has 0 bridgehead atoms. The van der Waals surface area contributed by atoms with Crippen LogP contribution < -0.4 is 10.1 Å². The van der Waals surface area contributed by atoms with Crippen molar-refractivity contribution in [3.8, 4) is 16.9 Å². The van der Waals surface area contributed by atoms with Crippen molar-refractivity contribution in [2.45, 2.75) is 18.4 Å². The van der Waals surface area contributed by atoms with E-state index in [2.05, 4.69) is 5.32 Å². The van der Waals surface area contributed by atoms with Crippen molar-refractivity contribution < 1.29 is 45.5 Å². The van der Waals surface area contributed by atoms with E-state index in [-0.39, 0.29) is 42.2 Å². The first-order valence-electron chi connectivity index (χ1n) is 12.3. The zero-order valence-corrected chi connectivity index (χ0v) is 21.1. The van der Waals surface area contributed by atoms with Crippen LogP contribution in [0.3, 0.4) is 0 Å². The van der Waals surface area contributed by atoms with Crippen LogP contribution in [-0.4, -0.2) is 59.8 Å². The Balaban J connectivity index is 1.29. The number of piperazine rings is 1. The monoisotopic (exact) mass is 577 g/mol. The molecular weight excluding hydrogens is 556 g/mol. The van der Waals surface area contributed by atoms with Crippen molar-refractivity contribution in [1.82, 2.24) is 9.80 Å². The van der Waals surface area contributed by atoms with Crippen molar-refractivity contribution in [3.63, 3.8) is 0 Å². The molecule has 41 heavy (non-hydrogen) atoms. The maximum absolute atomic E-state index is 13.5. The summed E-state index contributed by atoms with van der Waals surface area (Å²) >= 11 is 0. The van der Waals surface area contributed by atoms with Crippen molar-refractivity contribution in [2.24, 2.45) is 0 Å². The van der Waals surface area contributed by atoms with Gasteiger partial charge in [0.25, 0.3) is 11.8 Å². The summed E-state index contributed by atoms with van der Waals surface area (Å²) in [6.45, 7) is -0.584. The Bertz CT molecular complexity index is 1500. The molecule has 1 N–H and O–H groups in total. The van der Waals surface area contributed by atoms with Gasteiger partial charge >= 0.3 is 12.4 Å². The maximum Gasteiger partial charge on any atom is 0.416 e. The molecule has 1 unspecified atom stereocenters. The number of hydrogen-bond acceptors (Lipinski definition) is 4. The summed E-state index contributed by atoms with van der Waals surface area (Å²) in [7, 11) is 0. The third-order valence-corrected chi connectivity index (χ3v) is 6.87. The van der Waals surface area contributed by atoms with Gasteiger partial charge in [-0.3, -0.25) is 14.4 Å². The summed E-state index contributed by atoms with van der Waals surface area (Å²) in [5, 5.41) is 2.66. The molecular formula is C28H21F6N3O4. The van der Waals surface area contributed by atoms with E-state index in [1.54, 1.807) is 0 Å². The van der Waals surface area contributed by atoms with Crippen molar-refractivity contribution >= 4 is 23.4 Å². The largest absolute Gasteiger partial charge is 0.484 e. The summed E-state index contributed by atoms with van der Waals surface area (Å²) < 4.78 is 83.1. The first kappa shape index (κ1) is 28.0. The van der Waals surface area contributed by atoms with Crippen LogP contribution in [0.15, 0.2) is 66.7 Å². The lowest BCUT2D eigenvalue weighted by molar-refractivity contribution is -0.139. The molecule has 5 rings (SSSR count). The van der Waals surface area contributed by atoms with Gasteiger partial charge in [0.05, 0.1) is 28.9 Å². The van der Waals surface area contributed by atoms with E-state index in [4.69, 9.17) is 4.74 Å². The number of anilines is 1. The normalized spacial score (nSPS) is 17.4. The van der Waals surface area contributed by atoms with Crippen LogP contribution in [-0.2, 0) is 21.9 Å². The van der Waals surface area contributed by atoms with E-state index in [1.807, 2.05) is 0 Å². The number of nitrogens with zero attached hydrogens (tertiary/aromatic N) is 2. The first-order valence-corrected chi connectivity index (χ1v) is 12.3. The molecule has 0 aromatic heterocycles. The Morgan fingerprint density at radius 3 is 2.22 bits per heavy atom. The molecule has 0 saturated carbocycles. The summed E-state index contributed by atoms with van der Waals surface area (Å²) in [5.74, 6) is -1.55. The fraction of sp³-hybridized carbons (Fsp3) is 0.250. The number of ether oxygens (including phenoxy) is 1. The Kier molecular flexibility index (Phi) is 7.14. The van der Waals surface area contributed by atoms with Gasteiger partial charge in [0.2, 0.25) is 5.91 Å². The number of carbonyl (C=O) groups is 3. The standard InChI is InChI=1S/C28H21F6N3O4/c29-27(30,31)18-5-7-20(8-6-18)41-15-24(38)36-10-11-37-23(14-36)25(39)35-22-9-4-17(13-21(22)26(37)40)16-2-1-3-19(12-16)28(32,33)34/h1-9,12-13,23H,10-11,14-15H2,(H,35,39). The van der Waals surface area contributed by atoms with Gasteiger partial charge in [-0.25, -0.2) is 0 Å². The van der Waals surface area contributed by atoms with Gasteiger partial charge in [-0.15, -0.1) is 0 Å². The average molecular weight is 577 g/mol. The molecule has 0 radical (unpaired) electrons. The smallest absolute Gasteiger partial charge is 0.416 e. The topological polar surface area (TPSA) is 79.0 Å². The Labute approximate surface area is 229 Å². The van der Waals surface area contributed by atoms with Crippen LogP contribution in [0.5, 0.6) is 5.75 Å². The molecule has 1 saturated heterocycles. The van der Waals surface area contributed by atoms with E-state index < -0.39 is 53.8 Å². The maximum atomic E-state index is 13.5. The zero-order valence-electron chi connectivity index (χ0n) is 21.1. The van der Waals surface area contributed by atoms with Gasteiger partial charge in [0.15, 0.2) is 6.61 Å². The van der Waals surface area contributed by atoms with Crippen LogP contribution >= 0.6 is 0 Å². The minimum Gasteiger partial charge on any atom is -0.484 e. The van der Waals surface area contributed by atoms with Crippen molar-refractivity contribution in [2.75, 3.05) is 31.6 Å². The van der Waals surface area contributed by atoms with E-state index in [0.29, 0.717) is 5.56 Å². The molecule has 214 valence electrons. The second-order valence-corrected chi connectivity index (χ2v) is 9.49. The summed E-state index contributed by atoms with van der Waals surface area (Å²) in [5.41, 5.74) is -0.821. The fourth-order valence-corrected chi connectivity index (χ4v) is 4.71. The summed E-state index contributed by atoms with van der Waals surface area (Å²) in [6, 6.07) is 11.8. The third-order valence-electron chi connectivity index (χ3n) is 6.87. The molecule has 1 atom stereocenters. The average Bonchev–Trinajstić information content (AvgIpc) is 3.04. The van der Waals surface area contributed by atoms with Gasteiger partial charge in [-0.05, 0) is 59.7 Å². The Morgan fingerprint density at radius 1 is 0.854 bits per heavy atom. The Morgan fingerprint density at radius 2 is 1.54 bits per heavy atom. The molecule has 7 nitrogen and oxygen atoms in total. The molecule has 13 heteroatoms. The number of alkyl halides is 6. The van der Waals surface area contributed by atoms with E-state index in [9.17, 15) is 40.7 Å². The Hall–Kier alpha value is -4.55. The highest BCUT2D eigenvalue weighted by Gasteiger charge is 2.40. The lowest BCUT2D eigenvalue weighted by atomic mass is 9.99. The summed E-state index contributed by atoms with van der Waals surface area (Å²) in [6.07, 6.45) is -9.05. The second kappa shape index (κ2) is 10.5. The number of hydrogen-bond donors (Lipinski definition) is 1. The number of fused-ring (bicyclic) bond motifs is 2. The predicted molar refractivity (Wildman–Crippen MR) is 134 cm³/mol. The third kappa shape index (κ3) is 5.83. The fourth-order valence-electron chi connectivity index (χ4n) is 4.71. The quantitative estimate of drug-likeness (QED) is 0.439. The SMILES string of the molecule is O=C1Nc2ccc(-c3cccc(C(F)(F)F)c3)cc2C(=O)N2CCN(C(=O)COc3ccc(C(F)(F)F)cc3)CC12. The number of rotatable bonds is 4. The highest BCUT2D eigenvalue weighted by atomic mass is 19.4. The van der Waals surface area contributed by atoms with Gasteiger partial charge in [0, 0.05) is 13.1 Å². The minimum absolute atomic E-state index is 0.00380. The van der Waals surface area contributed by atoms with E-state index in [1.165, 1.54) is 40.1 Å². The number of amides is 3. The molecule has 3 amide bonds. The molecule has 0 spiro atoms. The highest BCUT2D eigenvalue weighted by Crippen LogP contribution is 2.35. The zero-order chi connectivity index (χ0) is 29.5. The second-order valence-electron chi connectivity index (χ2n) is 9.49. The molecule has 0 aliphatic carbocycles. The molecule has 3 aromatic rings. The lowest BCUT2D eigenvalue weighted by Crippen LogP contribution is -2.60. The van der Waals surface area contributed by atoms with Gasteiger partial charge in [-0.2, -0.15) is 26.3 Å². The molecule has 2 aliphatic heterocycles. The highest BCUT2D eigenvalue weighted by molar-refractivity contribution is 6.10. The van der Waals surface area contributed by atoms with Gasteiger partial charge in [0.1, 0.15) is 11.8 Å². The number of benzene rings is 3. The molecule has 2 heterocycles. The van der Waals surface area contributed by atoms with Crippen molar-refractivity contribution in [3.05, 3.63) is 83.4 Å². The number of carbonyl (C=O) groups excluding carboxylic acids is 3. The predicted octanol–water partition coefficient (Wildman–Crippen LogP) is 5.08. The van der Waals surface area contributed by atoms with Gasteiger partial charge in [-0.1, -0.05) is 18.2 Å². The lowest BCUT2D eigenvalue weighted by Gasteiger charge is -2.39. The van der Waals surface area contributed by atoms with Gasteiger partial charge < -0.3 is 19.9 Å². The number of nitrogens with one attached hydrogen (secondary N) is 1. The molecule has 2 aliphatic rings. The summed E-state index contributed by atoms with van der Waals surface area (Å²) in [4.78, 5) is 41.9. The van der Waals surface area contributed by atoms with Crippen LogP contribution in [0.1, 0.15) is 21.5 Å². The van der Waals surface area contributed by atoms with Crippen molar-refractivity contribution in [1.29, 1.82) is 0 Å². The van der Waals surface area contributed by atoms with Crippen LogP contribution in [0.4, 0.5) is 32.0 Å². The van der Waals surface area contributed by atoms with Crippen LogP contribution in [0.2, 0.25) is 0 Å². The molecule has 1 fully saturated rings. The van der Waals surface area contributed by atoms with Crippen LogP contribution in [0.25, 0.3) is 11.1 Å². The number of halogens is 6. The first-order chi connectivity index (χ1) is 19.3. The van der Waals surface area contributed by atoms with Crippen LogP contribution in [0, 0.1) is 0 Å². The minimum atomic E-state index is -4.54. The molecule has 3 aromatic carbocycles. The van der Waals surface area contributed by atoms with E-state index in [0.717, 1.165) is 36.4 Å².